The number of aromatic nitrogens is 2. The van der Waals surface area contributed by atoms with Crippen LogP contribution in [-0.4, -0.2) is 21.7 Å². The van der Waals surface area contributed by atoms with Crippen LogP contribution >= 0.6 is 0 Å². The van der Waals surface area contributed by atoms with Crippen LogP contribution in [0.5, 0.6) is 0 Å². The molecule has 1 N–H and O–H groups in total. The van der Waals surface area contributed by atoms with Crippen molar-refractivity contribution in [3.63, 3.8) is 0 Å². The largest absolute Gasteiger partial charge is 0.418 e. The number of para-hydroxylation sites is 1. The highest BCUT2D eigenvalue weighted by molar-refractivity contribution is 5.87. The molecule has 3 aromatic rings. The molecule has 1 aromatic heterocycles. The Balaban J connectivity index is 2.12. The van der Waals surface area contributed by atoms with Crippen molar-refractivity contribution in [2.24, 2.45) is 0 Å². The van der Waals surface area contributed by atoms with Gasteiger partial charge in [-0.05, 0) is 17.7 Å². The molecule has 0 aliphatic carbocycles. The van der Waals surface area contributed by atoms with Gasteiger partial charge in [-0.3, -0.25) is 15.0 Å². The third kappa shape index (κ3) is 4.78. The van der Waals surface area contributed by atoms with Gasteiger partial charge < -0.3 is 0 Å². The zero-order chi connectivity index (χ0) is 22.1. The van der Waals surface area contributed by atoms with E-state index in [1.54, 1.807) is 30.3 Å². The van der Waals surface area contributed by atoms with Gasteiger partial charge in [0.1, 0.15) is 12.2 Å². The summed E-state index contributed by atoms with van der Waals surface area (Å²) in [5, 5.41) is -0.573. The van der Waals surface area contributed by atoms with E-state index >= 15 is 0 Å². The van der Waals surface area contributed by atoms with Gasteiger partial charge in [-0.15, -0.1) is 0 Å². The second-order valence-electron chi connectivity index (χ2n) is 6.36. The number of fused-ring (bicyclic) bond motifs is 1. The van der Waals surface area contributed by atoms with E-state index in [9.17, 15) is 35.9 Å². The third-order valence-corrected chi connectivity index (χ3v) is 4.08. The lowest BCUT2D eigenvalue weighted by Crippen LogP contribution is -2.38. The Morgan fingerprint density at radius 3 is 2.23 bits per heavy atom. The molecule has 0 aliphatic heterocycles. The summed E-state index contributed by atoms with van der Waals surface area (Å²) in [6, 6.07) is 10.7. The molecule has 11 heteroatoms. The Hall–Kier alpha value is -3.37. The Kier molecular flexibility index (Phi) is 5.55. The summed E-state index contributed by atoms with van der Waals surface area (Å²) in [6.45, 7) is 0. The first-order valence-corrected chi connectivity index (χ1v) is 8.48. The Bertz CT molecular complexity index is 1140. The van der Waals surface area contributed by atoms with Gasteiger partial charge in [-0.1, -0.05) is 36.4 Å². The van der Waals surface area contributed by atoms with Crippen molar-refractivity contribution in [2.75, 3.05) is 5.43 Å². The molecule has 0 bridgehead atoms. The number of nitrogens with one attached hydrogen (secondary N) is 1. The predicted molar refractivity (Wildman–Crippen MR) is 95.3 cm³/mol. The van der Waals surface area contributed by atoms with Crippen molar-refractivity contribution < 1.29 is 31.1 Å². The number of alkyl halides is 6. The molecule has 0 radical (unpaired) electrons. The zero-order valence-electron chi connectivity index (χ0n) is 15.0. The minimum absolute atomic E-state index is 0.251. The van der Waals surface area contributed by atoms with Crippen molar-refractivity contribution in [1.82, 2.24) is 9.66 Å². The van der Waals surface area contributed by atoms with Crippen LogP contribution in [0.15, 0.2) is 53.3 Å². The second kappa shape index (κ2) is 7.81. The number of hydrogen-bond acceptors (Lipinski definition) is 3. The molecule has 0 unspecified atom stereocenters. The van der Waals surface area contributed by atoms with Crippen LogP contribution in [0.2, 0.25) is 0 Å². The SMILES string of the molecule is O=C(Cc1ccccc1)Nn1c(CC(F)(F)F)nc2c(C(F)(F)F)cccc2c1=O. The fourth-order valence-corrected chi connectivity index (χ4v) is 2.84. The topological polar surface area (TPSA) is 64.0 Å². The molecule has 0 saturated carbocycles. The van der Waals surface area contributed by atoms with Crippen molar-refractivity contribution >= 4 is 16.8 Å². The fourth-order valence-electron chi connectivity index (χ4n) is 2.84. The normalized spacial score (nSPS) is 12.2. The molecule has 2 aromatic carbocycles. The Morgan fingerprint density at radius 2 is 1.63 bits per heavy atom. The number of carbonyl (C=O) groups is 1. The summed E-state index contributed by atoms with van der Waals surface area (Å²) in [7, 11) is 0. The fraction of sp³-hybridized carbons (Fsp3) is 0.211. The summed E-state index contributed by atoms with van der Waals surface area (Å²) in [6.07, 6.45) is -11.9. The average Bonchev–Trinajstić information content (AvgIpc) is 2.63. The molecule has 30 heavy (non-hydrogen) atoms. The zero-order valence-corrected chi connectivity index (χ0v) is 15.0. The first-order chi connectivity index (χ1) is 14.0. The Labute approximate surface area is 164 Å². The lowest BCUT2D eigenvalue weighted by Gasteiger charge is -2.17. The highest BCUT2D eigenvalue weighted by Crippen LogP contribution is 2.33. The van der Waals surface area contributed by atoms with Crippen LogP contribution in [0.4, 0.5) is 26.3 Å². The molecule has 0 atom stereocenters. The number of nitrogens with zero attached hydrogens (tertiary/aromatic N) is 2. The summed E-state index contributed by atoms with van der Waals surface area (Å²) >= 11 is 0. The van der Waals surface area contributed by atoms with Crippen LogP contribution in [0.1, 0.15) is 17.0 Å². The molecular formula is C19H13F6N3O2. The van der Waals surface area contributed by atoms with Crippen molar-refractivity contribution in [3.8, 4) is 0 Å². The molecule has 5 nitrogen and oxygen atoms in total. The van der Waals surface area contributed by atoms with Crippen LogP contribution in [0.3, 0.4) is 0 Å². The van der Waals surface area contributed by atoms with E-state index in [0.29, 0.717) is 11.6 Å². The van der Waals surface area contributed by atoms with E-state index in [4.69, 9.17) is 0 Å². The van der Waals surface area contributed by atoms with Gasteiger partial charge in [-0.25, -0.2) is 9.66 Å². The molecule has 158 valence electrons. The van der Waals surface area contributed by atoms with E-state index in [0.717, 1.165) is 12.1 Å². The number of halogens is 6. The summed E-state index contributed by atoms with van der Waals surface area (Å²) < 4.78 is 78.9. The molecule has 0 fully saturated rings. The predicted octanol–water partition coefficient (Wildman–Crippen LogP) is 3.83. The van der Waals surface area contributed by atoms with Gasteiger partial charge >= 0.3 is 12.4 Å². The molecule has 1 amide bonds. The quantitative estimate of drug-likeness (QED) is 0.642. The molecule has 3 rings (SSSR count). The van der Waals surface area contributed by atoms with E-state index < -0.39 is 52.5 Å². The maximum Gasteiger partial charge on any atom is 0.418 e. The second-order valence-corrected chi connectivity index (χ2v) is 6.36. The number of hydrogen-bond donors (Lipinski definition) is 1. The number of carbonyl (C=O) groups excluding carboxylic acids is 1. The first-order valence-electron chi connectivity index (χ1n) is 8.48. The van der Waals surface area contributed by atoms with E-state index in [-0.39, 0.29) is 11.1 Å². The molecule has 0 saturated heterocycles. The highest BCUT2D eigenvalue weighted by atomic mass is 19.4. The highest BCUT2D eigenvalue weighted by Gasteiger charge is 2.36. The monoisotopic (exact) mass is 429 g/mol. The molecular weight excluding hydrogens is 416 g/mol. The van der Waals surface area contributed by atoms with Gasteiger partial charge in [0.2, 0.25) is 5.91 Å². The number of benzene rings is 2. The van der Waals surface area contributed by atoms with Gasteiger partial charge in [0.15, 0.2) is 0 Å². The van der Waals surface area contributed by atoms with Gasteiger partial charge in [-0.2, -0.15) is 26.3 Å². The summed E-state index contributed by atoms with van der Waals surface area (Å²) in [5.41, 5.74) is -0.958. The van der Waals surface area contributed by atoms with Crippen LogP contribution < -0.4 is 11.0 Å². The van der Waals surface area contributed by atoms with Crippen molar-refractivity contribution in [1.29, 1.82) is 0 Å². The van der Waals surface area contributed by atoms with E-state index in [2.05, 4.69) is 4.98 Å². The summed E-state index contributed by atoms with van der Waals surface area (Å²) in [5.74, 6) is -1.89. The van der Waals surface area contributed by atoms with E-state index in [1.165, 1.54) is 0 Å². The lowest BCUT2D eigenvalue weighted by molar-refractivity contribution is -0.136. The van der Waals surface area contributed by atoms with Gasteiger partial charge in [0, 0.05) is 0 Å². The van der Waals surface area contributed by atoms with Crippen molar-refractivity contribution in [3.05, 3.63) is 75.8 Å². The van der Waals surface area contributed by atoms with Crippen LogP contribution in [-0.2, 0) is 23.8 Å². The Morgan fingerprint density at radius 1 is 0.967 bits per heavy atom. The standard InChI is InChI=1S/C19H13F6N3O2/c20-18(21,22)10-14-26-16-12(7-4-8-13(16)19(23,24)25)17(30)28(14)27-15(29)9-11-5-2-1-3-6-11/h1-8H,9-10H2,(H,27,29). The van der Waals surface area contributed by atoms with E-state index in [1.807, 2.05) is 5.43 Å². The third-order valence-electron chi connectivity index (χ3n) is 4.08. The van der Waals surface area contributed by atoms with Gasteiger partial charge in [0.25, 0.3) is 5.56 Å². The number of amides is 1. The molecule has 0 aliphatic rings. The molecule has 0 spiro atoms. The number of rotatable bonds is 4. The molecule has 1 heterocycles. The lowest BCUT2D eigenvalue weighted by atomic mass is 10.1. The van der Waals surface area contributed by atoms with Crippen LogP contribution in [0, 0.1) is 0 Å². The first kappa shape index (κ1) is 21.3. The van der Waals surface area contributed by atoms with Crippen LogP contribution in [0.25, 0.3) is 10.9 Å². The van der Waals surface area contributed by atoms with Crippen molar-refractivity contribution in [2.45, 2.75) is 25.2 Å². The minimum atomic E-state index is -4.93. The maximum absolute atomic E-state index is 13.2. The minimum Gasteiger partial charge on any atom is -0.273 e. The maximum atomic E-state index is 13.2. The average molecular weight is 429 g/mol. The smallest absolute Gasteiger partial charge is 0.273 e. The van der Waals surface area contributed by atoms with Gasteiger partial charge in [0.05, 0.1) is 22.9 Å². The summed E-state index contributed by atoms with van der Waals surface area (Å²) in [4.78, 5) is 28.4.